The number of aromatic nitrogens is 1. The van der Waals surface area contributed by atoms with E-state index in [2.05, 4.69) is 15.5 Å². The lowest BCUT2D eigenvalue weighted by molar-refractivity contribution is 0.974. The third-order valence-corrected chi connectivity index (χ3v) is 2.84. The van der Waals surface area contributed by atoms with Gasteiger partial charge in [0.25, 0.3) is 0 Å². The van der Waals surface area contributed by atoms with Gasteiger partial charge in [-0.05, 0) is 43.3 Å². The van der Waals surface area contributed by atoms with Crippen LogP contribution in [0.15, 0.2) is 52.7 Å². The molecule has 0 bridgehead atoms. The van der Waals surface area contributed by atoms with Gasteiger partial charge < -0.3 is 10.3 Å². The molecule has 104 valence electrons. The zero-order valence-electron chi connectivity index (χ0n) is 11.1. The van der Waals surface area contributed by atoms with E-state index in [4.69, 9.17) is 17.3 Å². The van der Waals surface area contributed by atoms with Crippen molar-refractivity contribution in [3.05, 3.63) is 53.3 Å². The van der Waals surface area contributed by atoms with Crippen LogP contribution in [0.25, 0.3) is 5.69 Å². The van der Waals surface area contributed by atoms with Crippen LogP contribution in [0.5, 0.6) is 0 Å². The topological polar surface area (TPSA) is 67.7 Å². The number of guanidine groups is 1. The Labute approximate surface area is 122 Å². The molecule has 0 unspecified atom stereocenters. The fourth-order valence-corrected chi connectivity index (χ4v) is 1.83. The van der Waals surface area contributed by atoms with Crippen molar-refractivity contribution in [2.75, 3.05) is 6.54 Å². The number of benzene rings is 1. The standard InChI is InChI=1S/C14H16ClN5/c1-2-17-14(16)19-18-10-13-4-3-9-20(13)12-7-5-11(15)6-8-12/h3-10H,2H2,1H3,(H3,16,17,19). The Morgan fingerprint density at radius 3 is 2.80 bits per heavy atom. The number of rotatable bonds is 4. The van der Waals surface area contributed by atoms with Crippen molar-refractivity contribution in [2.24, 2.45) is 15.8 Å². The minimum absolute atomic E-state index is 0.299. The van der Waals surface area contributed by atoms with Crippen LogP contribution in [-0.4, -0.2) is 23.3 Å². The summed E-state index contributed by atoms with van der Waals surface area (Å²) >= 11 is 5.89. The fraction of sp³-hybridized carbons (Fsp3) is 0.143. The summed E-state index contributed by atoms with van der Waals surface area (Å²) in [4.78, 5) is 3.98. The summed E-state index contributed by atoms with van der Waals surface area (Å²) in [6, 6.07) is 11.5. The van der Waals surface area contributed by atoms with Crippen molar-refractivity contribution >= 4 is 23.8 Å². The van der Waals surface area contributed by atoms with E-state index in [1.807, 2.05) is 54.1 Å². The zero-order chi connectivity index (χ0) is 14.4. The summed E-state index contributed by atoms with van der Waals surface area (Å²) < 4.78 is 1.99. The van der Waals surface area contributed by atoms with Gasteiger partial charge in [-0.3, -0.25) is 4.99 Å². The monoisotopic (exact) mass is 289 g/mol. The second-order valence-electron chi connectivity index (χ2n) is 4.01. The van der Waals surface area contributed by atoms with E-state index in [9.17, 15) is 0 Å². The molecule has 0 aliphatic carbocycles. The Morgan fingerprint density at radius 1 is 1.35 bits per heavy atom. The predicted molar refractivity (Wildman–Crippen MR) is 83.7 cm³/mol. The van der Waals surface area contributed by atoms with E-state index in [1.54, 1.807) is 6.21 Å². The average molecular weight is 290 g/mol. The molecule has 2 aromatic rings. The van der Waals surface area contributed by atoms with Crippen LogP contribution in [0.3, 0.4) is 0 Å². The highest BCUT2D eigenvalue weighted by Crippen LogP contribution is 2.15. The van der Waals surface area contributed by atoms with Crippen molar-refractivity contribution in [1.29, 1.82) is 0 Å². The Morgan fingerprint density at radius 2 is 2.10 bits per heavy atom. The Hall–Kier alpha value is -2.27. The Balaban J connectivity index is 2.15. The molecule has 0 radical (unpaired) electrons. The van der Waals surface area contributed by atoms with E-state index >= 15 is 0 Å². The first-order chi connectivity index (χ1) is 9.70. The molecule has 6 heteroatoms. The van der Waals surface area contributed by atoms with Gasteiger partial charge in [0.05, 0.1) is 11.9 Å². The van der Waals surface area contributed by atoms with Crippen LogP contribution in [0, 0.1) is 0 Å². The van der Waals surface area contributed by atoms with Crippen LogP contribution in [0.1, 0.15) is 12.6 Å². The molecular weight excluding hydrogens is 274 g/mol. The average Bonchev–Trinajstić information content (AvgIpc) is 2.88. The molecule has 0 aliphatic heterocycles. The van der Waals surface area contributed by atoms with E-state index in [0.717, 1.165) is 11.4 Å². The molecule has 1 aromatic heterocycles. The number of nitrogens with zero attached hydrogens (tertiary/aromatic N) is 3. The largest absolute Gasteiger partial charge is 0.369 e. The Kier molecular flexibility index (Phi) is 4.79. The second-order valence-corrected chi connectivity index (χ2v) is 4.45. The lowest BCUT2D eigenvalue weighted by Gasteiger charge is -2.06. The Bertz CT molecular complexity index is 613. The lowest BCUT2D eigenvalue weighted by atomic mass is 10.3. The molecule has 0 aliphatic rings. The van der Waals surface area contributed by atoms with Gasteiger partial charge in [0.15, 0.2) is 0 Å². The second kappa shape index (κ2) is 6.77. The molecule has 0 saturated carbocycles. The van der Waals surface area contributed by atoms with E-state index < -0.39 is 0 Å². The number of hydrazone groups is 1. The van der Waals surface area contributed by atoms with E-state index in [-0.39, 0.29) is 0 Å². The fourth-order valence-electron chi connectivity index (χ4n) is 1.71. The SMILES string of the molecule is CCN=C(N)NN=Cc1cccn1-c1ccc(Cl)cc1. The third kappa shape index (κ3) is 3.61. The quantitative estimate of drug-likeness (QED) is 0.515. The smallest absolute Gasteiger partial charge is 0.209 e. The molecule has 5 nitrogen and oxygen atoms in total. The number of nitrogens with one attached hydrogen (secondary N) is 1. The van der Waals surface area contributed by atoms with Crippen molar-refractivity contribution < 1.29 is 0 Å². The third-order valence-electron chi connectivity index (χ3n) is 2.59. The number of aliphatic imine (C=N–C) groups is 1. The van der Waals surface area contributed by atoms with Gasteiger partial charge >= 0.3 is 0 Å². The van der Waals surface area contributed by atoms with Crippen molar-refractivity contribution in [3.8, 4) is 5.69 Å². The molecule has 0 atom stereocenters. The van der Waals surface area contributed by atoms with Crippen LogP contribution in [0.2, 0.25) is 5.02 Å². The van der Waals surface area contributed by atoms with Gasteiger partial charge in [0.1, 0.15) is 0 Å². The first-order valence-corrected chi connectivity index (χ1v) is 6.61. The maximum atomic E-state index is 5.89. The van der Waals surface area contributed by atoms with Crippen LogP contribution >= 0.6 is 11.6 Å². The van der Waals surface area contributed by atoms with Gasteiger partial charge in [-0.15, -0.1) is 0 Å². The minimum atomic E-state index is 0.299. The highest BCUT2D eigenvalue weighted by atomic mass is 35.5. The molecule has 3 N–H and O–H groups in total. The van der Waals surface area contributed by atoms with Crippen molar-refractivity contribution in [2.45, 2.75) is 6.92 Å². The molecule has 1 aromatic carbocycles. The highest BCUT2D eigenvalue weighted by Gasteiger charge is 2.00. The summed E-state index contributed by atoms with van der Waals surface area (Å²) in [6.07, 6.45) is 3.64. The van der Waals surface area contributed by atoms with Crippen LogP contribution < -0.4 is 11.2 Å². The molecule has 0 fully saturated rings. The van der Waals surface area contributed by atoms with E-state index in [1.165, 1.54) is 0 Å². The predicted octanol–water partition coefficient (Wildman–Crippen LogP) is 2.39. The zero-order valence-corrected chi connectivity index (χ0v) is 11.9. The molecule has 0 amide bonds. The number of hydrogen-bond acceptors (Lipinski definition) is 2. The van der Waals surface area contributed by atoms with Crippen molar-refractivity contribution in [3.63, 3.8) is 0 Å². The van der Waals surface area contributed by atoms with Gasteiger partial charge in [0.2, 0.25) is 5.96 Å². The summed E-state index contributed by atoms with van der Waals surface area (Å²) in [5.41, 5.74) is 10.2. The van der Waals surface area contributed by atoms with Crippen molar-refractivity contribution in [1.82, 2.24) is 9.99 Å². The molecule has 0 spiro atoms. The van der Waals surface area contributed by atoms with Crippen LogP contribution in [0.4, 0.5) is 0 Å². The molecule has 1 heterocycles. The minimum Gasteiger partial charge on any atom is -0.369 e. The van der Waals surface area contributed by atoms with Gasteiger partial charge in [-0.1, -0.05) is 11.6 Å². The number of nitrogens with two attached hydrogens (primary N) is 1. The van der Waals surface area contributed by atoms with E-state index in [0.29, 0.717) is 17.5 Å². The first-order valence-electron chi connectivity index (χ1n) is 6.23. The molecule has 20 heavy (non-hydrogen) atoms. The summed E-state index contributed by atoms with van der Waals surface area (Å²) in [5, 5.41) is 4.77. The lowest BCUT2D eigenvalue weighted by Crippen LogP contribution is -2.27. The van der Waals surface area contributed by atoms with Gasteiger partial charge in [-0.2, -0.15) is 5.10 Å². The summed E-state index contributed by atoms with van der Waals surface area (Å²) in [5.74, 6) is 0.299. The summed E-state index contributed by atoms with van der Waals surface area (Å²) in [6.45, 7) is 2.53. The molecular formula is C14H16ClN5. The van der Waals surface area contributed by atoms with Gasteiger partial charge in [-0.25, -0.2) is 5.43 Å². The van der Waals surface area contributed by atoms with Crippen LogP contribution in [-0.2, 0) is 0 Å². The normalized spacial score (nSPS) is 12.0. The van der Waals surface area contributed by atoms with Gasteiger partial charge in [0, 0.05) is 23.5 Å². The first kappa shape index (κ1) is 14.1. The number of hydrogen-bond donors (Lipinski definition) is 2. The molecule has 2 rings (SSSR count). The maximum absolute atomic E-state index is 5.89. The number of halogens is 1. The maximum Gasteiger partial charge on any atom is 0.209 e. The summed E-state index contributed by atoms with van der Waals surface area (Å²) in [7, 11) is 0. The molecule has 0 saturated heterocycles. The highest BCUT2D eigenvalue weighted by molar-refractivity contribution is 6.30.